The molecule has 2 heterocycles. The second-order valence-electron chi connectivity index (χ2n) is 8.29. The molecule has 1 aliphatic carbocycles. The van der Waals surface area contributed by atoms with Gasteiger partial charge in [0.05, 0.1) is 11.1 Å². The molecule has 1 aliphatic rings. The number of pyridine rings is 2. The van der Waals surface area contributed by atoms with Crippen LogP contribution in [0.4, 0.5) is 30.2 Å². The lowest BCUT2D eigenvalue weighted by atomic mass is 10.0. The molecular weight excluding hydrogens is 433 g/mol. The highest BCUT2D eigenvalue weighted by Crippen LogP contribution is 2.60. The Morgan fingerprint density at radius 3 is 2.33 bits per heavy atom. The smallest absolute Gasteiger partial charge is 0.355 e. The Labute approximate surface area is 185 Å². The first-order valence-electron chi connectivity index (χ1n) is 10.4. The number of carbonyl (C=O) groups excluding carboxylic acids is 1. The fourth-order valence-corrected chi connectivity index (χ4v) is 4.02. The second kappa shape index (κ2) is 7.61. The van der Waals surface area contributed by atoms with Crippen molar-refractivity contribution in [3.63, 3.8) is 0 Å². The van der Waals surface area contributed by atoms with Crippen LogP contribution in [0.2, 0.25) is 0 Å². The fourth-order valence-electron chi connectivity index (χ4n) is 4.02. The van der Waals surface area contributed by atoms with Gasteiger partial charge in [0.25, 0.3) is 5.56 Å². The molecular formula is C24H19F3N4O2. The number of amides is 1. The summed E-state index contributed by atoms with van der Waals surface area (Å²) in [6, 6.07) is 15.7. The Morgan fingerprint density at radius 1 is 1.00 bits per heavy atom. The molecule has 0 bridgehead atoms. The van der Waals surface area contributed by atoms with Gasteiger partial charge in [0.1, 0.15) is 5.65 Å². The van der Waals surface area contributed by atoms with Crippen LogP contribution in [-0.2, 0) is 4.79 Å². The maximum absolute atomic E-state index is 13.1. The zero-order valence-corrected chi connectivity index (χ0v) is 17.3. The third-order valence-corrected chi connectivity index (χ3v) is 6.03. The normalized spacial score (nSPS) is 14.9. The number of rotatable bonds is 5. The largest absolute Gasteiger partial charge is 0.395 e. The van der Waals surface area contributed by atoms with E-state index in [1.54, 1.807) is 48.7 Å². The van der Waals surface area contributed by atoms with Gasteiger partial charge in [-0.1, -0.05) is 18.2 Å². The molecule has 33 heavy (non-hydrogen) atoms. The minimum Gasteiger partial charge on any atom is -0.355 e. The van der Waals surface area contributed by atoms with Crippen LogP contribution >= 0.6 is 0 Å². The maximum Gasteiger partial charge on any atom is 0.395 e. The molecule has 1 fully saturated rings. The fraction of sp³-hybridized carbons (Fsp3) is 0.208. The molecule has 0 aliphatic heterocycles. The number of nitrogens with one attached hydrogen (secondary N) is 3. The number of carbonyl (C=O) groups is 1. The monoisotopic (exact) mass is 452 g/mol. The third kappa shape index (κ3) is 3.90. The summed E-state index contributed by atoms with van der Waals surface area (Å²) in [7, 11) is 0. The molecule has 0 spiro atoms. The number of nitrogens with zero attached hydrogens (tertiary/aromatic N) is 1. The lowest BCUT2D eigenvalue weighted by Gasteiger charge is -2.18. The Morgan fingerprint density at radius 2 is 1.67 bits per heavy atom. The van der Waals surface area contributed by atoms with E-state index in [2.05, 4.69) is 20.6 Å². The highest BCUT2D eigenvalue weighted by molar-refractivity contribution is 6.10. The molecule has 1 saturated carbocycles. The molecule has 4 aromatic rings. The summed E-state index contributed by atoms with van der Waals surface area (Å²) in [6.45, 7) is 0. The van der Waals surface area contributed by atoms with Crippen molar-refractivity contribution in [2.24, 2.45) is 5.41 Å². The van der Waals surface area contributed by atoms with Crippen LogP contribution in [0.3, 0.4) is 0 Å². The first-order valence-corrected chi connectivity index (χ1v) is 10.4. The number of alkyl halides is 3. The van der Waals surface area contributed by atoms with Crippen molar-refractivity contribution in [1.82, 2.24) is 9.97 Å². The predicted octanol–water partition coefficient (Wildman–Crippen LogP) is 5.49. The van der Waals surface area contributed by atoms with E-state index >= 15 is 0 Å². The van der Waals surface area contributed by atoms with Crippen molar-refractivity contribution < 1.29 is 18.0 Å². The summed E-state index contributed by atoms with van der Waals surface area (Å²) in [4.78, 5) is 31.5. The van der Waals surface area contributed by atoms with Gasteiger partial charge in [-0.25, -0.2) is 4.98 Å². The van der Waals surface area contributed by atoms with Gasteiger partial charge in [0, 0.05) is 40.2 Å². The van der Waals surface area contributed by atoms with Crippen LogP contribution < -0.4 is 16.2 Å². The average molecular weight is 452 g/mol. The first-order chi connectivity index (χ1) is 15.8. The average Bonchev–Trinajstić information content (AvgIpc) is 3.56. The van der Waals surface area contributed by atoms with Crippen molar-refractivity contribution >= 4 is 44.8 Å². The van der Waals surface area contributed by atoms with E-state index in [0.717, 1.165) is 16.5 Å². The Balaban J connectivity index is 1.36. The number of aromatic amines is 1. The summed E-state index contributed by atoms with van der Waals surface area (Å²) in [6.07, 6.45) is -3.36. The summed E-state index contributed by atoms with van der Waals surface area (Å²) in [5.41, 5.74) is 0.199. The minimum atomic E-state index is -4.36. The van der Waals surface area contributed by atoms with Gasteiger partial charge in [0.15, 0.2) is 0 Å². The van der Waals surface area contributed by atoms with Gasteiger partial charge in [0.2, 0.25) is 5.91 Å². The number of halogens is 3. The van der Waals surface area contributed by atoms with Crippen LogP contribution in [0.25, 0.3) is 21.8 Å². The molecule has 168 valence electrons. The van der Waals surface area contributed by atoms with Gasteiger partial charge in [-0.15, -0.1) is 0 Å². The van der Waals surface area contributed by atoms with Crippen molar-refractivity contribution in [2.75, 3.05) is 10.6 Å². The molecule has 6 nitrogen and oxygen atoms in total. The van der Waals surface area contributed by atoms with E-state index in [9.17, 15) is 22.8 Å². The zero-order chi connectivity index (χ0) is 23.2. The molecule has 2 aromatic heterocycles. The highest BCUT2D eigenvalue weighted by Gasteiger charge is 2.63. The molecule has 0 saturated heterocycles. The van der Waals surface area contributed by atoms with Gasteiger partial charge >= 0.3 is 6.18 Å². The third-order valence-electron chi connectivity index (χ3n) is 6.03. The maximum atomic E-state index is 13.1. The summed E-state index contributed by atoms with van der Waals surface area (Å²) >= 11 is 0. The number of anilines is 3. The van der Waals surface area contributed by atoms with Crippen LogP contribution in [0.1, 0.15) is 19.3 Å². The van der Waals surface area contributed by atoms with Crippen molar-refractivity contribution in [1.29, 1.82) is 0 Å². The SMILES string of the molecule is O=C(CC1(C(F)(F)F)CC1)Nc1ccc(Nc2ccnc3[nH]c(=O)c4ccccc4c23)cc1. The van der Waals surface area contributed by atoms with Crippen molar-refractivity contribution in [2.45, 2.75) is 25.4 Å². The predicted molar refractivity (Wildman–Crippen MR) is 121 cm³/mol. The van der Waals surface area contributed by atoms with E-state index in [4.69, 9.17) is 0 Å². The van der Waals surface area contributed by atoms with Crippen LogP contribution in [0.15, 0.2) is 65.6 Å². The standard InChI is InChI=1S/C24H19F3N4O2/c25-24(26,27)23(10-11-23)13-19(32)30-15-7-5-14(6-8-15)29-18-9-12-28-21-20(18)16-3-1-2-4-17(16)22(33)31-21/h1-9,12H,10-11,13H2,(H,30,32)(H2,28,29,31,33). The molecule has 3 N–H and O–H groups in total. The Kier molecular flexibility index (Phi) is 4.84. The number of H-pyrrole nitrogens is 1. The van der Waals surface area contributed by atoms with Gasteiger partial charge in [-0.2, -0.15) is 13.2 Å². The van der Waals surface area contributed by atoms with Crippen LogP contribution in [0.5, 0.6) is 0 Å². The van der Waals surface area contributed by atoms with E-state index < -0.39 is 23.9 Å². The molecule has 2 aromatic carbocycles. The first kappa shape index (κ1) is 21.0. The second-order valence-corrected chi connectivity index (χ2v) is 8.29. The number of hydrogen-bond donors (Lipinski definition) is 3. The summed E-state index contributed by atoms with van der Waals surface area (Å²) in [5.74, 6) is -0.652. The summed E-state index contributed by atoms with van der Waals surface area (Å²) in [5, 5.41) is 7.89. The van der Waals surface area contributed by atoms with E-state index in [1.807, 2.05) is 12.1 Å². The number of benzene rings is 2. The topological polar surface area (TPSA) is 86.9 Å². The number of aromatic nitrogens is 2. The van der Waals surface area contributed by atoms with Gasteiger partial charge in [-0.05, 0) is 49.2 Å². The number of fused-ring (bicyclic) bond motifs is 3. The summed E-state index contributed by atoms with van der Waals surface area (Å²) < 4.78 is 39.2. The van der Waals surface area contributed by atoms with Crippen molar-refractivity contribution in [3.05, 3.63) is 71.1 Å². The van der Waals surface area contributed by atoms with E-state index in [-0.39, 0.29) is 18.4 Å². The lowest BCUT2D eigenvalue weighted by Crippen LogP contribution is -2.29. The lowest BCUT2D eigenvalue weighted by molar-refractivity contribution is -0.189. The van der Waals surface area contributed by atoms with Crippen molar-refractivity contribution in [3.8, 4) is 0 Å². The zero-order valence-electron chi connectivity index (χ0n) is 17.3. The number of hydrogen-bond acceptors (Lipinski definition) is 4. The van der Waals surface area contributed by atoms with Gasteiger partial charge < -0.3 is 15.6 Å². The van der Waals surface area contributed by atoms with Gasteiger partial charge in [-0.3, -0.25) is 9.59 Å². The van der Waals surface area contributed by atoms with E-state index in [0.29, 0.717) is 22.4 Å². The molecule has 1 amide bonds. The molecule has 0 unspecified atom stereocenters. The van der Waals surface area contributed by atoms with E-state index in [1.165, 1.54) is 0 Å². The quantitative estimate of drug-likeness (QED) is 0.350. The molecule has 0 radical (unpaired) electrons. The molecule has 9 heteroatoms. The van der Waals surface area contributed by atoms with Crippen LogP contribution in [0, 0.1) is 5.41 Å². The Hall–Kier alpha value is -3.88. The Bertz CT molecular complexity index is 1420. The highest BCUT2D eigenvalue weighted by atomic mass is 19.4. The molecule has 0 atom stereocenters. The minimum absolute atomic E-state index is 0.00733. The van der Waals surface area contributed by atoms with Crippen LogP contribution in [-0.4, -0.2) is 22.1 Å². The molecule has 5 rings (SSSR count).